The Morgan fingerprint density at radius 3 is 2.50 bits per heavy atom. The van der Waals surface area contributed by atoms with Crippen molar-refractivity contribution >= 4 is 5.95 Å². The number of nitrogens with zero attached hydrogens (tertiary/aromatic N) is 3. The maximum atomic E-state index is 5.60. The summed E-state index contributed by atoms with van der Waals surface area (Å²) in [5.41, 5.74) is 5.60. The smallest absolute Gasteiger partial charge is 0.266 e. The van der Waals surface area contributed by atoms with E-state index in [1.807, 2.05) is 0 Å². The Morgan fingerprint density at radius 2 is 1.94 bits per heavy atom. The molecule has 0 aliphatic heterocycles. The van der Waals surface area contributed by atoms with Crippen molar-refractivity contribution in [3.05, 3.63) is 5.89 Å². The summed E-state index contributed by atoms with van der Waals surface area (Å²) in [6.45, 7) is 8.95. The third-order valence-corrected chi connectivity index (χ3v) is 3.42. The average molecular weight is 254 g/mol. The molecule has 0 saturated heterocycles. The molecule has 0 fully saturated rings. The van der Waals surface area contributed by atoms with Gasteiger partial charge in [-0.25, -0.2) is 0 Å². The molecule has 1 rings (SSSR count). The van der Waals surface area contributed by atoms with Gasteiger partial charge in [-0.1, -0.05) is 13.3 Å². The summed E-state index contributed by atoms with van der Waals surface area (Å²) in [6.07, 6.45) is 4.17. The van der Waals surface area contributed by atoms with Crippen LogP contribution in [-0.2, 0) is 6.42 Å². The predicted octanol–water partition coefficient (Wildman–Crippen LogP) is 2.22. The van der Waals surface area contributed by atoms with Gasteiger partial charge in [-0.15, -0.1) is 0 Å². The highest BCUT2D eigenvalue weighted by Crippen LogP contribution is 2.16. The zero-order chi connectivity index (χ0) is 13.4. The summed E-state index contributed by atoms with van der Waals surface area (Å²) in [4.78, 5) is 6.52. The topological polar surface area (TPSA) is 68.2 Å². The molecule has 0 bridgehead atoms. The van der Waals surface area contributed by atoms with Crippen LogP contribution in [0.15, 0.2) is 4.52 Å². The van der Waals surface area contributed by atoms with Crippen molar-refractivity contribution in [2.24, 2.45) is 11.7 Å². The number of rotatable bonds is 9. The van der Waals surface area contributed by atoms with E-state index in [2.05, 4.69) is 35.8 Å². The molecule has 0 saturated carbocycles. The molecule has 0 amide bonds. The molecule has 0 radical (unpaired) electrons. The molecule has 0 aliphatic rings. The van der Waals surface area contributed by atoms with Crippen LogP contribution in [0, 0.1) is 5.92 Å². The zero-order valence-corrected chi connectivity index (χ0v) is 11.9. The van der Waals surface area contributed by atoms with Crippen LogP contribution in [0.5, 0.6) is 0 Å². The molecule has 2 N–H and O–H groups in total. The first kappa shape index (κ1) is 15.0. The Bertz CT molecular complexity index is 323. The van der Waals surface area contributed by atoms with Crippen LogP contribution in [0.1, 0.15) is 45.9 Å². The highest BCUT2D eigenvalue weighted by molar-refractivity contribution is 5.26. The molecule has 0 aliphatic carbocycles. The standard InChI is InChI=1S/C13H26N4O/c1-4-11(9-10-14)7-8-12-15-13(16-18-12)17(5-2)6-3/h11H,4-10,14H2,1-3H3. The van der Waals surface area contributed by atoms with Crippen molar-refractivity contribution in [2.45, 2.75) is 46.5 Å². The van der Waals surface area contributed by atoms with Gasteiger partial charge in [-0.05, 0) is 44.3 Å². The molecule has 0 spiro atoms. The van der Waals surface area contributed by atoms with Crippen LogP contribution in [0.25, 0.3) is 0 Å². The van der Waals surface area contributed by atoms with Crippen molar-refractivity contribution in [1.29, 1.82) is 0 Å². The molecule has 104 valence electrons. The Kier molecular flexibility index (Phi) is 6.72. The lowest BCUT2D eigenvalue weighted by Gasteiger charge is -2.14. The number of aromatic nitrogens is 2. The first-order valence-corrected chi connectivity index (χ1v) is 7.02. The summed E-state index contributed by atoms with van der Waals surface area (Å²) in [5, 5.41) is 4.02. The minimum absolute atomic E-state index is 0.666. The second-order valence-corrected chi connectivity index (χ2v) is 4.55. The fraction of sp³-hybridized carbons (Fsp3) is 0.846. The maximum absolute atomic E-state index is 5.60. The normalized spacial score (nSPS) is 12.7. The first-order chi connectivity index (χ1) is 8.74. The van der Waals surface area contributed by atoms with E-state index in [1.165, 1.54) is 0 Å². The minimum Gasteiger partial charge on any atom is -0.339 e. The van der Waals surface area contributed by atoms with Crippen molar-refractivity contribution in [3.63, 3.8) is 0 Å². The van der Waals surface area contributed by atoms with Gasteiger partial charge in [0.15, 0.2) is 0 Å². The molecular weight excluding hydrogens is 228 g/mol. The van der Waals surface area contributed by atoms with Crippen LogP contribution >= 0.6 is 0 Å². The van der Waals surface area contributed by atoms with E-state index < -0.39 is 0 Å². The SMILES string of the molecule is CCC(CCN)CCc1nc(N(CC)CC)no1. The summed E-state index contributed by atoms with van der Waals surface area (Å²) >= 11 is 0. The van der Waals surface area contributed by atoms with Gasteiger partial charge in [0, 0.05) is 19.5 Å². The quantitative estimate of drug-likeness (QED) is 0.732. The Morgan fingerprint density at radius 1 is 1.22 bits per heavy atom. The maximum Gasteiger partial charge on any atom is 0.266 e. The molecule has 1 aromatic rings. The average Bonchev–Trinajstić information content (AvgIpc) is 2.85. The number of nitrogens with two attached hydrogens (primary N) is 1. The summed E-state index contributed by atoms with van der Waals surface area (Å²) in [5.74, 6) is 2.12. The third-order valence-electron chi connectivity index (χ3n) is 3.42. The van der Waals surface area contributed by atoms with Crippen LogP contribution < -0.4 is 10.6 Å². The minimum atomic E-state index is 0.666. The molecule has 18 heavy (non-hydrogen) atoms. The van der Waals surface area contributed by atoms with Crippen molar-refractivity contribution in [1.82, 2.24) is 10.1 Å². The Labute approximate surface area is 110 Å². The van der Waals surface area contributed by atoms with Gasteiger partial charge in [0.1, 0.15) is 0 Å². The van der Waals surface area contributed by atoms with E-state index in [9.17, 15) is 0 Å². The van der Waals surface area contributed by atoms with E-state index >= 15 is 0 Å². The zero-order valence-electron chi connectivity index (χ0n) is 11.9. The van der Waals surface area contributed by atoms with Gasteiger partial charge in [0.25, 0.3) is 5.95 Å². The van der Waals surface area contributed by atoms with Gasteiger partial charge in [-0.2, -0.15) is 4.98 Å². The van der Waals surface area contributed by atoms with Crippen LogP contribution in [0.4, 0.5) is 5.95 Å². The van der Waals surface area contributed by atoms with E-state index in [1.54, 1.807) is 0 Å². The van der Waals surface area contributed by atoms with Gasteiger partial charge in [0.05, 0.1) is 0 Å². The fourth-order valence-electron chi connectivity index (χ4n) is 2.10. The highest BCUT2D eigenvalue weighted by atomic mass is 16.5. The molecule has 1 aromatic heterocycles. The van der Waals surface area contributed by atoms with Gasteiger partial charge in [0.2, 0.25) is 5.89 Å². The highest BCUT2D eigenvalue weighted by Gasteiger charge is 2.13. The molecular formula is C13H26N4O. The first-order valence-electron chi connectivity index (χ1n) is 7.02. The lowest BCUT2D eigenvalue weighted by atomic mass is 9.97. The molecule has 1 unspecified atom stereocenters. The summed E-state index contributed by atoms with van der Waals surface area (Å²) < 4.78 is 5.29. The molecule has 1 heterocycles. The third kappa shape index (κ3) is 4.29. The second-order valence-electron chi connectivity index (χ2n) is 4.55. The monoisotopic (exact) mass is 254 g/mol. The molecule has 5 nitrogen and oxygen atoms in total. The van der Waals surface area contributed by atoms with Gasteiger partial charge in [-0.3, -0.25) is 0 Å². The Hall–Kier alpha value is -1.10. The number of hydrogen-bond donors (Lipinski definition) is 1. The largest absolute Gasteiger partial charge is 0.339 e. The van der Waals surface area contributed by atoms with E-state index in [0.717, 1.165) is 51.2 Å². The number of hydrogen-bond acceptors (Lipinski definition) is 5. The van der Waals surface area contributed by atoms with Gasteiger partial charge >= 0.3 is 0 Å². The molecule has 1 atom stereocenters. The predicted molar refractivity (Wildman–Crippen MR) is 73.6 cm³/mol. The second kappa shape index (κ2) is 8.08. The molecule has 0 aromatic carbocycles. The summed E-state index contributed by atoms with van der Waals surface area (Å²) in [7, 11) is 0. The lowest BCUT2D eigenvalue weighted by molar-refractivity contribution is 0.353. The van der Waals surface area contributed by atoms with Crippen LogP contribution in [-0.4, -0.2) is 29.8 Å². The van der Waals surface area contributed by atoms with E-state index in [4.69, 9.17) is 10.3 Å². The van der Waals surface area contributed by atoms with Crippen molar-refractivity contribution in [2.75, 3.05) is 24.5 Å². The number of anilines is 1. The van der Waals surface area contributed by atoms with E-state index in [-0.39, 0.29) is 0 Å². The van der Waals surface area contributed by atoms with Crippen LogP contribution in [0.2, 0.25) is 0 Å². The fourth-order valence-corrected chi connectivity index (χ4v) is 2.10. The summed E-state index contributed by atoms with van der Waals surface area (Å²) in [6, 6.07) is 0. The number of aryl methyl sites for hydroxylation is 1. The van der Waals surface area contributed by atoms with Crippen molar-refractivity contribution < 1.29 is 4.52 Å². The van der Waals surface area contributed by atoms with Crippen molar-refractivity contribution in [3.8, 4) is 0 Å². The Balaban J connectivity index is 2.48. The lowest BCUT2D eigenvalue weighted by Crippen LogP contribution is -2.23. The van der Waals surface area contributed by atoms with E-state index in [0.29, 0.717) is 11.9 Å². The molecule has 5 heteroatoms. The van der Waals surface area contributed by atoms with Gasteiger partial charge < -0.3 is 15.2 Å². The van der Waals surface area contributed by atoms with Crippen LogP contribution in [0.3, 0.4) is 0 Å².